The Morgan fingerprint density at radius 3 is 2.19 bits per heavy atom. The van der Waals surface area contributed by atoms with Gasteiger partial charge in [-0.2, -0.15) is 0 Å². The van der Waals surface area contributed by atoms with E-state index in [9.17, 15) is 14.7 Å². The molecule has 13 heteroatoms. The number of carboxylic acids is 1. The van der Waals surface area contributed by atoms with Crippen LogP contribution < -0.4 is 27.2 Å². The van der Waals surface area contributed by atoms with Crippen LogP contribution in [0.15, 0.2) is 12.3 Å². The molecule has 0 atom stereocenters. The van der Waals surface area contributed by atoms with E-state index in [1.807, 2.05) is 5.32 Å². The van der Waals surface area contributed by atoms with E-state index in [-0.39, 0.29) is 38.0 Å². The largest absolute Gasteiger partial charge is 0.505 e. The molecule has 2 rings (SSSR count). The van der Waals surface area contributed by atoms with E-state index in [4.69, 9.17) is 63.8 Å². The Balaban J connectivity index is 2.50. The summed E-state index contributed by atoms with van der Waals surface area (Å²) in [5.74, 6) is -3.45. The van der Waals surface area contributed by atoms with Gasteiger partial charge in [0.15, 0.2) is 5.69 Å². The number of halogens is 1. The molecule has 6 nitrogen and oxygen atoms in total. The smallest absolute Gasteiger partial charge is 0.310 e. The molecule has 1 heterocycles. The highest BCUT2D eigenvalue weighted by Crippen LogP contribution is 2.23. The van der Waals surface area contributed by atoms with E-state index in [2.05, 4.69) is 4.98 Å². The standard InChI is InChI=1S/C14H5B6ClN2O4/c15-6-5(7(16)10(21)9(18)8(6)17)3-1-4(24)11(22-2-3)12(25)23-14(19,20)13(26)27/h1-2,24H,(H,23,25)(H,26,27). The van der Waals surface area contributed by atoms with Gasteiger partial charge in [-0.1, -0.05) is 28.0 Å². The second-order valence-electron chi connectivity index (χ2n) is 5.56. The number of aromatic nitrogens is 1. The number of rotatable bonds is 4. The second-order valence-corrected chi connectivity index (χ2v) is 5.94. The van der Waals surface area contributed by atoms with Gasteiger partial charge in [-0.15, -0.1) is 5.46 Å². The number of nitrogens with one attached hydrogen (secondary N) is 1. The maximum Gasteiger partial charge on any atom is 0.310 e. The quantitative estimate of drug-likeness (QED) is 0.481. The lowest BCUT2D eigenvalue weighted by Gasteiger charge is -2.22. The average Bonchev–Trinajstić information content (AvgIpc) is 2.58. The minimum Gasteiger partial charge on any atom is -0.505 e. The van der Waals surface area contributed by atoms with Crippen molar-refractivity contribution >= 4 is 92.4 Å². The van der Waals surface area contributed by atoms with Crippen LogP contribution in [-0.4, -0.2) is 79.5 Å². The minimum absolute atomic E-state index is 0.000465. The highest BCUT2D eigenvalue weighted by atomic mass is 35.5. The van der Waals surface area contributed by atoms with Gasteiger partial charge in [0.1, 0.15) is 52.8 Å². The van der Waals surface area contributed by atoms with Gasteiger partial charge in [0, 0.05) is 16.8 Å². The zero-order valence-electron chi connectivity index (χ0n) is 13.7. The summed E-state index contributed by atoms with van der Waals surface area (Å²) in [4.78, 5) is 26.7. The molecule has 0 fully saturated rings. The predicted octanol–water partition coefficient (Wildman–Crippen LogP) is -3.91. The Hall–Kier alpha value is -2.21. The summed E-state index contributed by atoms with van der Waals surface area (Å²) in [6.07, 6.45) is 1.14. The van der Waals surface area contributed by atoms with Gasteiger partial charge >= 0.3 is 5.97 Å². The topological polar surface area (TPSA) is 99.5 Å². The molecule has 0 unspecified atom stereocenters. The molecule has 2 aromatic rings. The molecule has 0 saturated carbocycles. The van der Waals surface area contributed by atoms with Crippen LogP contribution in [0.5, 0.6) is 5.75 Å². The Morgan fingerprint density at radius 1 is 1.07 bits per heavy atom. The van der Waals surface area contributed by atoms with Crippen LogP contribution in [0.4, 0.5) is 0 Å². The highest BCUT2D eigenvalue weighted by Gasteiger charge is 2.29. The Morgan fingerprint density at radius 2 is 1.67 bits per heavy atom. The van der Waals surface area contributed by atoms with Crippen molar-refractivity contribution < 1.29 is 19.8 Å². The van der Waals surface area contributed by atoms with Crippen molar-refractivity contribution in [3.05, 3.63) is 23.0 Å². The number of carboxylic acid groups (broad SMARTS) is 1. The molecular formula is C14H5B6ClN2O4. The lowest BCUT2D eigenvalue weighted by Crippen LogP contribution is -2.55. The van der Waals surface area contributed by atoms with Gasteiger partial charge in [0.05, 0.1) is 5.34 Å². The number of benzene rings is 1. The number of aromatic hydroxyl groups is 1. The molecule has 120 valence electrons. The van der Waals surface area contributed by atoms with E-state index < -0.39 is 28.7 Å². The number of aliphatic carboxylic acids is 1. The second kappa shape index (κ2) is 7.43. The molecule has 0 bridgehead atoms. The molecule has 0 saturated heterocycles. The van der Waals surface area contributed by atoms with Crippen LogP contribution in [0.1, 0.15) is 10.5 Å². The average molecular weight is 366 g/mol. The van der Waals surface area contributed by atoms with Crippen LogP contribution >= 0.6 is 11.6 Å². The summed E-state index contributed by atoms with van der Waals surface area (Å²) in [5, 5.41) is 18.2. The maximum atomic E-state index is 12.1. The van der Waals surface area contributed by atoms with Crippen molar-refractivity contribution in [2.45, 2.75) is 5.34 Å². The number of carbonyl (C=O) groups is 2. The summed E-state index contributed by atoms with van der Waals surface area (Å²) in [6.45, 7) is 0. The first kappa shape index (κ1) is 21.1. The molecule has 1 amide bonds. The van der Waals surface area contributed by atoms with Gasteiger partial charge in [-0.3, -0.25) is 9.59 Å². The first-order chi connectivity index (χ1) is 12.4. The Labute approximate surface area is 167 Å². The van der Waals surface area contributed by atoms with Gasteiger partial charge in [-0.05, 0) is 11.6 Å². The monoisotopic (exact) mass is 366 g/mol. The summed E-state index contributed by atoms with van der Waals surface area (Å²) >= 11 is 6.02. The lowest BCUT2D eigenvalue weighted by atomic mass is 9.62. The fourth-order valence-corrected chi connectivity index (χ4v) is 2.37. The molecule has 1 aromatic heterocycles. The van der Waals surface area contributed by atoms with Crippen LogP contribution in [0.3, 0.4) is 0 Å². The molecule has 0 aliphatic heterocycles. The Bertz CT molecular complexity index is 940. The summed E-state index contributed by atoms with van der Waals surface area (Å²) in [6, 6.07) is 1.10. The summed E-state index contributed by atoms with van der Waals surface area (Å²) < 4.78 is 0. The van der Waals surface area contributed by atoms with Gasteiger partial charge in [0.2, 0.25) is 0 Å². The van der Waals surface area contributed by atoms with E-state index >= 15 is 0 Å². The zero-order chi connectivity index (χ0) is 20.7. The number of amides is 1. The van der Waals surface area contributed by atoms with E-state index in [1.165, 1.54) is 0 Å². The van der Waals surface area contributed by atoms with Gasteiger partial charge in [0.25, 0.3) is 5.91 Å². The molecule has 1 aromatic carbocycles. The number of carbonyl (C=O) groups excluding carboxylic acids is 1. The van der Waals surface area contributed by atoms with Gasteiger partial charge < -0.3 is 15.5 Å². The Kier molecular flexibility index (Phi) is 5.80. The SMILES string of the molecule is [B]c1c([B])c(Cl)c([B])c(-c2cnc(C(=O)NC([B])([B])C(=O)O)c(O)c2)c1[B]. The van der Waals surface area contributed by atoms with Crippen molar-refractivity contribution in [3.63, 3.8) is 0 Å². The van der Waals surface area contributed by atoms with Crippen molar-refractivity contribution in [1.82, 2.24) is 10.3 Å². The molecule has 0 spiro atoms. The first-order valence-electron chi connectivity index (χ1n) is 7.12. The molecule has 3 N–H and O–H groups in total. The van der Waals surface area contributed by atoms with Crippen LogP contribution in [0, 0.1) is 0 Å². The third-order valence-electron chi connectivity index (χ3n) is 3.64. The minimum atomic E-state index is -2.56. The third-order valence-corrected chi connectivity index (χ3v) is 4.04. The number of hydrogen-bond donors (Lipinski definition) is 3. The zero-order valence-corrected chi connectivity index (χ0v) is 14.4. The molecule has 12 radical (unpaired) electrons. The van der Waals surface area contributed by atoms with Crippen LogP contribution in [0.25, 0.3) is 11.1 Å². The van der Waals surface area contributed by atoms with Crippen LogP contribution in [-0.2, 0) is 4.79 Å². The van der Waals surface area contributed by atoms with Crippen LogP contribution in [0.2, 0.25) is 5.02 Å². The number of nitrogens with zero attached hydrogens (tertiary/aromatic N) is 1. The van der Waals surface area contributed by atoms with E-state index in [1.54, 1.807) is 0 Å². The van der Waals surface area contributed by atoms with Crippen molar-refractivity contribution in [3.8, 4) is 16.9 Å². The molecular weight excluding hydrogens is 360 g/mol. The highest BCUT2D eigenvalue weighted by molar-refractivity contribution is 6.66. The summed E-state index contributed by atoms with van der Waals surface area (Å²) in [7, 11) is 33.8. The van der Waals surface area contributed by atoms with Crippen molar-refractivity contribution in [2.24, 2.45) is 0 Å². The van der Waals surface area contributed by atoms with Crippen molar-refractivity contribution in [1.29, 1.82) is 0 Å². The fraction of sp³-hybridized carbons (Fsp3) is 0.0714. The van der Waals surface area contributed by atoms with E-state index in [0.717, 1.165) is 12.3 Å². The van der Waals surface area contributed by atoms with Crippen molar-refractivity contribution in [2.75, 3.05) is 0 Å². The van der Waals surface area contributed by atoms with Gasteiger partial charge in [-0.25, -0.2) is 4.98 Å². The summed E-state index contributed by atoms with van der Waals surface area (Å²) in [5.41, 5.74) is -0.222. The first-order valence-corrected chi connectivity index (χ1v) is 7.50. The third kappa shape index (κ3) is 3.90. The molecule has 0 aliphatic rings. The maximum absolute atomic E-state index is 12.1. The lowest BCUT2D eigenvalue weighted by molar-refractivity contribution is -0.138. The van der Waals surface area contributed by atoms with E-state index in [0.29, 0.717) is 0 Å². The number of pyridine rings is 1. The predicted molar refractivity (Wildman–Crippen MR) is 107 cm³/mol. The normalized spacial score (nSPS) is 11.1. The number of hydrogen-bond acceptors (Lipinski definition) is 4. The molecule has 0 aliphatic carbocycles. The molecule has 27 heavy (non-hydrogen) atoms. The fourth-order valence-electron chi connectivity index (χ4n) is 2.17.